The first-order valence-corrected chi connectivity index (χ1v) is 3.34. The van der Waals surface area contributed by atoms with Crippen molar-refractivity contribution in [2.24, 2.45) is 5.73 Å². The van der Waals surface area contributed by atoms with Crippen LogP contribution in [0.25, 0.3) is 0 Å². The topological polar surface area (TPSA) is 73.3 Å². The highest BCUT2D eigenvalue weighted by atomic mass is 16.5. The number of nitrogens with zero attached hydrogens (tertiary/aromatic N) is 1. The molecule has 0 bridgehead atoms. The summed E-state index contributed by atoms with van der Waals surface area (Å²) in [6, 6.07) is -0.112. The van der Waals surface area contributed by atoms with E-state index in [0.29, 0.717) is 5.70 Å². The zero-order valence-electron chi connectivity index (χ0n) is 6.28. The number of hydrogen-bond acceptors (Lipinski definition) is 3. The molecule has 0 radical (unpaired) electrons. The molecule has 60 valence electrons. The van der Waals surface area contributed by atoms with Gasteiger partial charge in [0.2, 0.25) is 0 Å². The summed E-state index contributed by atoms with van der Waals surface area (Å²) in [5.41, 5.74) is 5.55. The molecule has 0 saturated carbocycles. The molecule has 0 aromatic rings. The number of amidine groups is 1. The Labute approximate surface area is 65.1 Å². The molecule has 0 aliphatic carbocycles. The number of rotatable bonds is 1. The van der Waals surface area contributed by atoms with Gasteiger partial charge in [0, 0.05) is 0 Å². The highest BCUT2D eigenvalue weighted by Gasteiger charge is 2.16. The van der Waals surface area contributed by atoms with Crippen molar-refractivity contribution in [2.75, 3.05) is 0 Å². The molecule has 1 unspecified atom stereocenters. The van der Waals surface area contributed by atoms with Crippen LogP contribution in [0.15, 0.2) is 23.9 Å². The molecule has 1 rings (SSSR count). The van der Waals surface area contributed by atoms with Crippen LogP contribution in [0.3, 0.4) is 0 Å². The second kappa shape index (κ2) is 2.75. The molecule has 0 saturated heterocycles. The van der Waals surface area contributed by atoms with Gasteiger partial charge in [0.1, 0.15) is 11.5 Å². The van der Waals surface area contributed by atoms with E-state index in [9.17, 15) is 5.21 Å². The van der Waals surface area contributed by atoms with Gasteiger partial charge >= 0.3 is 0 Å². The maximum atomic E-state index is 9.30. The van der Waals surface area contributed by atoms with Gasteiger partial charge in [-0.1, -0.05) is 12.2 Å². The van der Waals surface area contributed by atoms with Crippen molar-refractivity contribution in [3.05, 3.63) is 23.9 Å². The van der Waals surface area contributed by atoms with Crippen molar-refractivity contribution in [2.45, 2.75) is 13.0 Å². The van der Waals surface area contributed by atoms with Gasteiger partial charge < -0.3 is 5.73 Å². The third kappa shape index (κ3) is 1.40. The predicted molar refractivity (Wildman–Crippen MR) is 42.2 cm³/mol. The standard InChI is InChI=1S/C7H11N3O/c1-5-3-2-4-6(7(8)9)10(5)11/h2-5,11H,1H3,(H3,8,9). The van der Waals surface area contributed by atoms with E-state index >= 15 is 0 Å². The molecule has 4 heteroatoms. The van der Waals surface area contributed by atoms with Crippen LogP contribution in [0, 0.1) is 5.41 Å². The van der Waals surface area contributed by atoms with Crippen molar-refractivity contribution in [3.63, 3.8) is 0 Å². The zero-order chi connectivity index (χ0) is 8.43. The molecule has 1 aliphatic heterocycles. The van der Waals surface area contributed by atoms with Gasteiger partial charge in [-0.25, -0.2) is 5.06 Å². The Morgan fingerprint density at radius 1 is 1.82 bits per heavy atom. The second-order valence-corrected chi connectivity index (χ2v) is 2.44. The highest BCUT2D eigenvalue weighted by Crippen LogP contribution is 2.11. The Hall–Kier alpha value is -1.29. The molecule has 1 atom stereocenters. The first kappa shape index (κ1) is 7.81. The van der Waals surface area contributed by atoms with Crippen LogP contribution >= 0.6 is 0 Å². The highest BCUT2D eigenvalue weighted by molar-refractivity contribution is 5.94. The number of hydrogen-bond donors (Lipinski definition) is 3. The SMILES string of the molecule is CC1C=CC=C(C(=N)N)N1O. The van der Waals surface area contributed by atoms with E-state index in [0.717, 1.165) is 5.06 Å². The molecule has 0 amide bonds. The summed E-state index contributed by atoms with van der Waals surface area (Å²) >= 11 is 0. The van der Waals surface area contributed by atoms with Gasteiger partial charge in [-0.05, 0) is 13.0 Å². The van der Waals surface area contributed by atoms with Gasteiger partial charge in [0.05, 0.1) is 6.04 Å². The largest absolute Gasteiger partial charge is 0.382 e. The third-order valence-electron chi connectivity index (χ3n) is 1.55. The maximum Gasteiger partial charge on any atom is 0.141 e. The summed E-state index contributed by atoms with van der Waals surface area (Å²) < 4.78 is 0. The monoisotopic (exact) mass is 153 g/mol. The van der Waals surface area contributed by atoms with E-state index in [-0.39, 0.29) is 11.9 Å². The van der Waals surface area contributed by atoms with Crippen LogP contribution in [0.4, 0.5) is 0 Å². The number of allylic oxidation sites excluding steroid dienone is 2. The molecule has 0 fully saturated rings. The predicted octanol–water partition coefficient (Wildman–Crippen LogP) is 0.456. The maximum absolute atomic E-state index is 9.30. The van der Waals surface area contributed by atoms with Crippen molar-refractivity contribution in [3.8, 4) is 0 Å². The Morgan fingerprint density at radius 2 is 2.45 bits per heavy atom. The Balaban J connectivity index is 2.87. The van der Waals surface area contributed by atoms with E-state index in [4.69, 9.17) is 11.1 Å². The minimum Gasteiger partial charge on any atom is -0.382 e. The molecule has 11 heavy (non-hydrogen) atoms. The number of nitrogens with two attached hydrogens (primary N) is 1. The Bertz CT molecular complexity index is 232. The molecule has 1 aliphatic rings. The molecular formula is C7H11N3O. The quantitative estimate of drug-likeness (QED) is 0.378. The fourth-order valence-corrected chi connectivity index (χ4v) is 0.898. The smallest absolute Gasteiger partial charge is 0.141 e. The molecule has 4 nitrogen and oxygen atoms in total. The van der Waals surface area contributed by atoms with Gasteiger partial charge in [-0.15, -0.1) is 0 Å². The number of nitrogens with one attached hydrogen (secondary N) is 1. The van der Waals surface area contributed by atoms with Crippen LogP contribution in [-0.2, 0) is 0 Å². The van der Waals surface area contributed by atoms with E-state index in [2.05, 4.69) is 0 Å². The van der Waals surface area contributed by atoms with Gasteiger partial charge in [-0.3, -0.25) is 10.6 Å². The van der Waals surface area contributed by atoms with Crippen LogP contribution < -0.4 is 5.73 Å². The third-order valence-corrected chi connectivity index (χ3v) is 1.55. The van der Waals surface area contributed by atoms with E-state index in [1.165, 1.54) is 0 Å². The fourth-order valence-electron chi connectivity index (χ4n) is 0.898. The Kier molecular flexibility index (Phi) is 1.96. The van der Waals surface area contributed by atoms with E-state index in [1.54, 1.807) is 12.2 Å². The van der Waals surface area contributed by atoms with Gasteiger partial charge in [-0.2, -0.15) is 0 Å². The van der Waals surface area contributed by atoms with Crippen LogP contribution in [0.5, 0.6) is 0 Å². The lowest BCUT2D eigenvalue weighted by atomic mass is 10.2. The Morgan fingerprint density at radius 3 is 2.91 bits per heavy atom. The lowest BCUT2D eigenvalue weighted by Crippen LogP contribution is -2.35. The number of hydroxylamine groups is 2. The summed E-state index contributed by atoms with van der Waals surface area (Å²) in [7, 11) is 0. The van der Waals surface area contributed by atoms with E-state index in [1.807, 2.05) is 13.0 Å². The van der Waals surface area contributed by atoms with Gasteiger partial charge in [0.25, 0.3) is 0 Å². The van der Waals surface area contributed by atoms with Crippen LogP contribution in [0.1, 0.15) is 6.92 Å². The summed E-state index contributed by atoms with van der Waals surface area (Å²) in [6.07, 6.45) is 5.18. The summed E-state index contributed by atoms with van der Waals surface area (Å²) in [5.74, 6) is -0.122. The fraction of sp³-hybridized carbons (Fsp3) is 0.286. The first-order valence-electron chi connectivity index (χ1n) is 3.34. The van der Waals surface area contributed by atoms with Crippen molar-refractivity contribution >= 4 is 5.84 Å². The summed E-state index contributed by atoms with van der Waals surface area (Å²) in [5, 5.41) is 17.4. The lowest BCUT2D eigenvalue weighted by molar-refractivity contribution is -0.0682. The molecular weight excluding hydrogens is 142 g/mol. The molecule has 4 N–H and O–H groups in total. The van der Waals surface area contributed by atoms with Crippen LogP contribution in [-0.4, -0.2) is 22.1 Å². The summed E-state index contributed by atoms with van der Waals surface area (Å²) in [4.78, 5) is 0. The van der Waals surface area contributed by atoms with Gasteiger partial charge in [0.15, 0.2) is 0 Å². The van der Waals surface area contributed by atoms with Crippen LogP contribution in [0.2, 0.25) is 0 Å². The average Bonchev–Trinajstić information content (AvgIpc) is 1.94. The minimum absolute atomic E-state index is 0.112. The van der Waals surface area contributed by atoms with E-state index < -0.39 is 0 Å². The first-order chi connectivity index (χ1) is 5.13. The van der Waals surface area contributed by atoms with Crippen molar-refractivity contribution in [1.82, 2.24) is 5.06 Å². The zero-order valence-corrected chi connectivity index (χ0v) is 6.28. The molecule has 1 heterocycles. The average molecular weight is 153 g/mol. The van der Waals surface area contributed by atoms with Crippen molar-refractivity contribution < 1.29 is 5.21 Å². The second-order valence-electron chi connectivity index (χ2n) is 2.44. The normalized spacial score (nSPS) is 23.3. The van der Waals surface area contributed by atoms with Crippen molar-refractivity contribution in [1.29, 1.82) is 5.41 Å². The minimum atomic E-state index is -0.122. The molecule has 0 aromatic carbocycles. The molecule has 0 spiro atoms. The molecule has 0 aromatic heterocycles. The summed E-state index contributed by atoms with van der Waals surface area (Å²) in [6.45, 7) is 1.81. The lowest BCUT2D eigenvalue weighted by Gasteiger charge is -2.25.